The third-order valence-corrected chi connectivity index (χ3v) is 4.71. The van der Waals surface area contributed by atoms with Crippen molar-refractivity contribution in [2.75, 3.05) is 32.7 Å². The number of aliphatic carboxylic acids is 1. The van der Waals surface area contributed by atoms with Crippen LogP contribution in [0, 0.1) is 0 Å². The second kappa shape index (κ2) is 6.58. The Bertz CT molecular complexity index is 497. The first-order valence-electron chi connectivity index (χ1n) is 7.99. The maximum Gasteiger partial charge on any atom is 0.312 e. The molecule has 1 aromatic carbocycles. The average Bonchev–Trinajstić information content (AvgIpc) is 2.99. The van der Waals surface area contributed by atoms with Crippen LogP contribution in [0.5, 0.6) is 0 Å². The zero-order valence-electron chi connectivity index (χ0n) is 12.5. The maximum atomic E-state index is 11.5. The third kappa shape index (κ3) is 3.44. The van der Waals surface area contributed by atoms with Crippen LogP contribution in [0.25, 0.3) is 0 Å². The predicted molar refractivity (Wildman–Crippen MR) is 82.4 cm³/mol. The number of hydrogen-bond acceptors (Lipinski definition) is 3. The van der Waals surface area contributed by atoms with Crippen molar-refractivity contribution in [1.82, 2.24) is 9.80 Å². The highest BCUT2D eigenvalue weighted by atomic mass is 16.4. The predicted octanol–water partition coefficient (Wildman–Crippen LogP) is 2.16. The first kappa shape index (κ1) is 14.5. The summed E-state index contributed by atoms with van der Waals surface area (Å²) in [5.74, 6) is -1.08. The van der Waals surface area contributed by atoms with Gasteiger partial charge in [0.05, 0.1) is 5.92 Å². The fourth-order valence-corrected chi connectivity index (χ4v) is 3.59. The molecule has 4 heteroatoms. The lowest BCUT2D eigenvalue weighted by molar-refractivity contribution is -0.139. The topological polar surface area (TPSA) is 43.8 Å². The summed E-state index contributed by atoms with van der Waals surface area (Å²) in [6.07, 6.45) is 3.80. The molecule has 0 bridgehead atoms. The van der Waals surface area contributed by atoms with Crippen LogP contribution in [-0.4, -0.2) is 53.6 Å². The molecular weight excluding hydrogens is 264 g/mol. The van der Waals surface area contributed by atoms with E-state index in [-0.39, 0.29) is 5.92 Å². The first-order valence-corrected chi connectivity index (χ1v) is 7.99. The zero-order chi connectivity index (χ0) is 14.7. The van der Waals surface area contributed by atoms with Crippen molar-refractivity contribution in [2.24, 2.45) is 0 Å². The monoisotopic (exact) mass is 288 g/mol. The van der Waals surface area contributed by atoms with Crippen LogP contribution in [-0.2, 0) is 11.3 Å². The van der Waals surface area contributed by atoms with E-state index in [1.807, 2.05) is 18.2 Å². The van der Waals surface area contributed by atoms with Crippen molar-refractivity contribution in [3.8, 4) is 0 Å². The molecule has 0 radical (unpaired) electrons. The van der Waals surface area contributed by atoms with Gasteiger partial charge in [0.1, 0.15) is 0 Å². The van der Waals surface area contributed by atoms with Gasteiger partial charge in [-0.05, 0) is 56.6 Å². The average molecular weight is 288 g/mol. The number of rotatable bonds is 5. The van der Waals surface area contributed by atoms with E-state index >= 15 is 0 Å². The lowest BCUT2D eigenvalue weighted by Gasteiger charge is -2.33. The van der Waals surface area contributed by atoms with Gasteiger partial charge in [0, 0.05) is 13.1 Å². The molecule has 3 rings (SSSR count). The van der Waals surface area contributed by atoms with Crippen molar-refractivity contribution < 1.29 is 9.90 Å². The molecule has 2 heterocycles. The Morgan fingerprint density at radius 3 is 2.62 bits per heavy atom. The van der Waals surface area contributed by atoms with Gasteiger partial charge in [0.15, 0.2) is 0 Å². The number of fused-ring (bicyclic) bond motifs is 1. The Kier molecular flexibility index (Phi) is 4.56. The van der Waals surface area contributed by atoms with Gasteiger partial charge in [-0.25, -0.2) is 0 Å². The van der Waals surface area contributed by atoms with Crippen molar-refractivity contribution in [3.63, 3.8) is 0 Å². The molecule has 0 amide bonds. The van der Waals surface area contributed by atoms with E-state index in [4.69, 9.17) is 0 Å². The summed E-state index contributed by atoms with van der Waals surface area (Å²) in [4.78, 5) is 16.3. The molecule has 4 nitrogen and oxygen atoms in total. The second-order valence-electron chi connectivity index (χ2n) is 6.23. The van der Waals surface area contributed by atoms with Crippen LogP contribution in [0.1, 0.15) is 36.3 Å². The normalized spacial score (nSPS) is 23.1. The van der Waals surface area contributed by atoms with E-state index in [0.29, 0.717) is 6.54 Å². The smallest absolute Gasteiger partial charge is 0.312 e. The van der Waals surface area contributed by atoms with Crippen LogP contribution in [0.3, 0.4) is 0 Å². The van der Waals surface area contributed by atoms with Crippen LogP contribution in [0.4, 0.5) is 0 Å². The highest BCUT2D eigenvalue weighted by Gasteiger charge is 2.29. The van der Waals surface area contributed by atoms with Gasteiger partial charge >= 0.3 is 5.97 Å². The highest BCUT2D eigenvalue weighted by molar-refractivity contribution is 5.77. The molecule has 1 fully saturated rings. The minimum absolute atomic E-state index is 0.373. The highest BCUT2D eigenvalue weighted by Crippen LogP contribution is 2.28. The molecule has 0 saturated carbocycles. The van der Waals surface area contributed by atoms with Crippen molar-refractivity contribution in [1.29, 1.82) is 0 Å². The van der Waals surface area contributed by atoms with Gasteiger partial charge in [-0.3, -0.25) is 9.69 Å². The molecule has 1 aromatic rings. The number of carbonyl (C=O) groups is 1. The van der Waals surface area contributed by atoms with Gasteiger partial charge in [-0.15, -0.1) is 0 Å². The summed E-state index contributed by atoms with van der Waals surface area (Å²) in [5.41, 5.74) is 2.18. The molecule has 1 N–H and O–H groups in total. The maximum absolute atomic E-state index is 11.5. The van der Waals surface area contributed by atoms with Crippen molar-refractivity contribution in [3.05, 3.63) is 35.4 Å². The Hall–Kier alpha value is -1.39. The Morgan fingerprint density at radius 2 is 1.86 bits per heavy atom. The minimum Gasteiger partial charge on any atom is -0.481 e. The molecule has 0 spiro atoms. The van der Waals surface area contributed by atoms with Crippen LogP contribution >= 0.6 is 0 Å². The SMILES string of the molecule is O=C(O)C1CN(CCCN2CCCC2)Cc2ccccc21. The van der Waals surface area contributed by atoms with Gasteiger partial charge < -0.3 is 10.0 Å². The number of benzene rings is 1. The molecule has 1 unspecified atom stereocenters. The molecule has 2 aliphatic heterocycles. The molecule has 1 atom stereocenters. The summed E-state index contributed by atoms with van der Waals surface area (Å²) in [7, 11) is 0. The largest absolute Gasteiger partial charge is 0.481 e. The number of carboxylic acid groups (broad SMARTS) is 1. The van der Waals surface area contributed by atoms with Crippen LogP contribution in [0.15, 0.2) is 24.3 Å². The lowest BCUT2D eigenvalue weighted by Crippen LogP contribution is -2.38. The summed E-state index contributed by atoms with van der Waals surface area (Å²) < 4.78 is 0. The fraction of sp³-hybridized carbons (Fsp3) is 0.588. The summed E-state index contributed by atoms with van der Waals surface area (Å²) in [6.45, 7) is 6.15. The fourth-order valence-electron chi connectivity index (χ4n) is 3.59. The summed E-state index contributed by atoms with van der Waals surface area (Å²) >= 11 is 0. The molecule has 0 aliphatic carbocycles. The summed E-state index contributed by atoms with van der Waals surface area (Å²) in [5, 5.41) is 9.47. The number of likely N-dealkylation sites (tertiary alicyclic amines) is 1. The lowest BCUT2D eigenvalue weighted by atomic mass is 9.90. The van der Waals surface area contributed by atoms with Gasteiger partial charge in [0.25, 0.3) is 0 Å². The van der Waals surface area contributed by atoms with E-state index in [1.54, 1.807) is 0 Å². The van der Waals surface area contributed by atoms with E-state index in [1.165, 1.54) is 31.5 Å². The second-order valence-corrected chi connectivity index (χ2v) is 6.23. The van der Waals surface area contributed by atoms with Crippen molar-refractivity contribution >= 4 is 5.97 Å². The number of carboxylic acids is 1. The molecule has 114 valence electrons. The zero-order valence-corrected chi connectivity index (χ0v) is 12.5. The van der Waals surface area contributed by atoms with E-state index in [0.717, 1.165) is 31.6 Å². The molecule has 21 heavy (non-hydrogen) atoms. The van der Waals surface area contributed by atoms with Gasteiger partial charge in [-0.2, -0.15) is 0 Å². The molecular formula is C17H24N2O2. The quantitative estimate of drug-likeness (QED) is 0.901. The molecule has 0 aromatic heterocycles. The molecule has 2 aliphatic rings. The third-order valence-electron chi connectivity index (χ3n) is 4.71. The Balaban J connectivity index is 1.59. The Morgan fingerprint density at radius 1 is 1.14 bits per heavy atom. The number of hydrogen-bond donors (Lipinski definition) is 1. The van der Waals surface area contributed by atoms with Crippen molar-refractivity contribution in [2.45, 2.75) is 31.7 Å². The van der Waals surface area contributed by atoms with E-state index < -0.39 is 5.97 Å². The van der Waals surface area contributed by atoms with Crippen LogP contribution in [0.2, 0.25) is 0 Å². The van der Waals surface area contributed by atoms with Gasteiger partial charge in [-0.1, -0.05) is 24.3 Å². The minimum atomic E-state index is -0.702. The summed E-state index contributed by atoms with van der Waals surface area (Å²) in [6, 6.07) is 7.98. The first-order chi connectivity index (χ1) is 10.2. The van der Waals surface area contributed by atoms with Crippen LogP contribution < -0.4 is 0 Å². The Labute approximate surface area is 126 Å². The van der Waals surface area contributed by atoms with E-state index in [9.17, 15) is 9.90 Å². The van der Waals surface area contributed by atoms with Gasteiger partial charge in [0.2, 0.25) is 0 Å². The number of nitrogens with zero attached hydrogens (tertiary/aromatic N) is 2. The molecule has 1 saturated heterocycles. The van der Waals surface area contributed by atoms with E-state index in [2.05, 4.69) is 15.9 Å². The standard InChI is InChI=1S/C17H24N2O2/c20-17(21)16-13-19(11-5-10-18-8-3-4-9-18)12-14-6-1-2-7-15(14)16/h1-2,6-7,16H,3-5,8-13H2,(H,20,21).